The zero-order valence-electron chi connectivity index (χ0n) is 26.6. The molecule has 0 amide bonds. The molecule has 0 aliphatic heterocycles. The summed E-state index contributed by atoms with van der Waals surface area (Å²) in [7, 11) is 0. The van der Waals surface area contributed by atoms with E-state index in [2.05, 4.69) is 97.1 Å². The predicted molar refractivity (Wildman–Crippen MR) is 211 cm³/mol. The maximum absolute atomic E-state index is 5.35. The Morgan fingerprint density at radius 1 is 0.380 bits per heavy atom. The van der Waals surface area contributed by atoms with Crippen LogP contribution in [0.1, 0.15) is 0 Å². The molecule has 7 aromatic carbocycles. The van der Waals surface area contributed by atoms with Crippen LogP contribution < -0.4 is 0 Å². The molecule has 0 aliphatic rings. The van der Waals surface area contributed by atoms with E-state index in [1.165, 1.54) is 24.9 Å². The van der Waals surface area contributed by atoms with E-state index in [-0.39, 0.29) is 0 Å². The molecule has 0 saturated heterocycles. The van der Waals surface area contributed by atoms with Gasteiger partial charge in [-0.3, -0.25) is 0 Å². The van der Waals surface area contributed by atoms with Gasteiger partial charge in [-0.1, -0.05) is 133 Å². The molecule has 3 heterocycles. The predicted octanol–water partition coefficient (Wildman–Crippen LogP) is 12.3. The number of thiazole rings is 1. The first-order chi connectivity index (χ1) is 24.8. The van der Waals surface area contributed by atoms with Crippen LogP contribution in [0.15, 0.2) is 158 Å². The van der Waals surface area contributed by atoms with Gasteiger partial charge in [-0.2, -0.15) is 0 Å². The lowest BCUT2D eigenvalue weighted by Crippen LogP contribution is -2.00. The summed E-state index contributed by atoms with van der Waals surface area (Å²) in [5, 5.41) is 5.71. The van der Waals surface area contributed by atoms with Crippen molar-refractivity contribution in [1.82, 2.24) is 19.9 Å². The molecule has 0 N–H and O–H groups in total. The van der Waals surface area contributed by atoms with E-state index in [0.717, 1.165) is 54.7 Å². The Hall–Kier alpha value is -6.08. The molecule has 0 saturated carbocycles. The summed E-state index contributed by atoms with van der Waals surface area (Å²) in [5.41, 5.74) is 7.30. The lowest BCUT2D eigenvalue weighted by Gasteiger charge is -2.13. The van der Waals surface area contributed by atoms with E-state index in [1.54, 1.807) is 11.3 Å². The standard InChI is InChI=1S/C44H26N4S2/c1-4-14-27(15-5-1)41-46-42(28-16-6-2-7-17-28)48-43(47-41)35-25-31(24-30-20-10-11-21-32(30)35)34-26-37-38(33-22-12-13-23-36(33)49-37)39-40(34)50-44(45-39)29-18-8-3-9-19-29/h1-26H. The summed E-state index contributed by atoms with van der Waals surface area (Å²) >= 11 is 3.58. The SMILES string of the molecule is c1ccc(-c2nc(-c3ccccc3)nc(-c3cc(-c4cc5sc6ccccc6c5c5nc(-c6ccccc6)sc45)cc4ccccc34)n2)cc1. The second-order valence-electron chi connectivity index (χ2n) is 12.2. The average molecular weight is 675 g/mol. The normalized spacial score (nSPS) is 11.6. The first-order valence-corrected chi connectivity index (χ1v) is 18.1. The molecule has 0 spiro atoms. The van der Waals surface area contributed by atoms with Crippen LogP contribution in [0.2, 0.25) is 0 Å². The van der Waals surface area contributed by atoms with Crippen LogP contribution in [0.25, 0.3) is 97.0 Å². The minimum absolute atomic E-state index is 0.643. The quantitative estimate of drug-likeness (QED) is 0.182. The Morgan fingerprint density at radius 3 is 1.66 bits per heavy atom. The second kappa shape index (κ2) is 11.8. The Bertz CT molecular complexity index is 2800. The maximum Gasteiger partial charge on any atom is 0.164 e. The van der Waals surface area contributed by atoms with Crippen molar-refractivity contribution < 1.29 is 0 Å². The molecular weight excluding hydrogens is 649 g/mol. The Kier molecular flexibility index (Phi) is 6.82. The molecule has 0 fully saturated rings. The molecule has 4 nitrogen and oxygen atoms in total. The van der Waals surface area contributed by atoms with Crippen molar-refractivity contribution in [2.75, 3.05) is 0 Å². The van der Waals surface area contributed by atoms with Gasteiger partial charge in [-0.25, -0.2) is 19.9 Å². The average Bonchev–Trinajstić information content (AvgIpc) is 3.80. The molecule has 234 valence electrons. The van der Waals surface area contributed by atoms with E-state index in [0.29, 0.717) is 17.5 Å². The third kappa shape index (κ3) is 4.88. The summed E-state index contributed by atoms with van der Waals surface area (Å²) in [5.74, 6) is 1.94. The van der Waals surface area contributed by atoms with E-state index >= 15 is 0 Å². The number of aromatic nitrogens is 4. The molecule has 0 radical (unpaired) electrons. The van der Waals surface area contributed by atoms with Gasteiger partial charge in [0, 0.05) is 48.0 Å². The van der Waals surface area contributed by atoms with Gasteiger partial charge in [0.1, 0.15) is 5.01 Å². The fraction of sp³-hybridized carbons (Fsp3) is 0. The van der Waals surface area contributed by atoms with Crippen LogP contribution in [0.3, 0.4) is 0 Å². The van der Waals surface area contributed by atoms with E-state index < -0.39 is 0 Å². The van der Waals surface area contributed by atoms with Crippen LogP contribution in [-0.4, -0.2) is 19.9 Å². The zero-order valence-corrected chi connectivity index (χ0v) is 28.2. The highest BCUT2D eigenvalue weighted by Crippen LogP contribution is 2.47. The number of benzene rings is 7. The first kappa shape index (κ1) is 28.9. The number of hydrogen-bond acceptors (Lipinski definition) is 6. The molecule has 6 heteroatoms. The highest BCUT2D eigenvalue weighted by molar-refractivity contribution is 7.26. The van der Waals surface area contributed by atoms with Gasteiger partial charge in [0.15, 0.2) is 17.5 Å². The van der Waals surface area contributed by atoms with Crippen molar-refractivity contribution in [3.8, 4) is 55.9 Å². The fourth-order valence-corrected chi connectivity index (χ4v) is 9.04. The van der Waals surface area contributed by atoms with Crippen molar-refractivity contribution in [1.29, 1.82) is 0 Å². The Morgan fingerprint density at radius 2 is 0.960 bits per heavy atom. The van der Waals surface area contributed by atoms with Crippen LogP contribution in [0, 0.1) is 0 Å². The molecule has 0 bridgehead atoms. The van der Waals surface area contributed by atoms with Gasteiger partial charge in [-0.05, 0) is 40.6 Å². The van der Waals surface area contributed by atoms with Crippen molar-refractivity contribution in [2.45, 2.75) is 0 Å². The molecule has 10 rings (SSSR count). The first-order valence-electron chi connectivity index (χ1n) is 16.5. The summed E-state index contributed by atoms with van der Waals surface area (Å²) in [4.78, 5) is 20.6. The van der Waals surface area contributed by atoms with Gasteiger partial charge in [0.25, 0.3) is 0 Å². The van der Waals surface area contributed by atoms with Crippen molar-refractivity contribution >= 4 is 63.8 Å². The third-order valence-electron chi connectivity index (χ3n) is 9.14. The summed E-state index contributed by atoms with van der Waals surface area (Å²) in [6, 6.07) is 54.9. The summed E-state index contributed by atoms with van der Waals surface area (Å²) in [6.07, 6.45) is 0. The van der Waals surface area contributed by atoms with Crippen LogP contribution in [0.5, 0.6) is 0 Å². The smallest absolute Gasteiger partial charge is 0.164 e. The molecule has 50 heavy (non-hydrogen) atoms. The third-order valence-corrected chi connectivity index (χ3v) is 11.4. The molecule has 10 aromatic rings. The van der Waals surface area contributed by atoms with Crippen LogP contribution >= 0.6 is 22.7 Å². The summed E-state index contributed by atoms with van der Waals surface area (Å²) in [6.45, 7) is 0. The number of rotatable bonds is 5. The highest BCUT2D eigenvalue weighted by atomic mass is 32.1. The maximum atomic E-state index is 5.35. The van der Waals surface area contributed by atoms with Gasteiger partial charge in [0.2, 0.25) is 0 Å². The fourth-order valence-electron chi connectivity index (χ4n) is 6.78. The number of hydrogen-bond donors (Lipinski definition) is 0. The van der Waals surface area contributed by atoms with E-state index in [1.807, 2.05) is 72.0 Å². The number of nitrogens with zero attached hydrogens (tertiary/aromatic N) is 4. The summed E-state index contributed by atoms with van der Waals surface area (Å²) < 4.78 is 3.67. The molecule has 0 unspecified atom stereocenters. The molecular formula is C44H26N4S2. The number of fused-ring (bicyclic) bond motifs is 6. The van der Waals surface area contributed by atoms with Gasteiger partial charge < -0.3 is 0 Å². The second-order valence-corrected chi connectivity index (χ2v) is 14.3. The monoisotopic (exact) mass is 674 g/mol. The number of thiophene rings is 1. The molecule has 0 atom stereocenters. The van der Waals surface area contributed by atoms with E-state index in [9.17, 15) is 0 Å². The van der Waals surface area contributed by atoms with Gasteiger partial charge >= 0.3 is 0 Å². The largest absolute Gasteiger partial charge is 0.235 e. The lowest BCUT2D eigenvalue weighted by atomic mass is 9.95. The minimum atomic E-state index is 0.643. The Balaban J connectivity index is 1.26. The van der Waals surface area contributed by atoms with Crippen molar-refractivity contribution in [3.05, 3.63) is 158 Å². The zero-order chi connectivity index (χ0) is 33.0. The van der Waals surface area contributed by atoms with Gasteiger partial charge in [-0.15, -0.1) is 22.7 Å². The molecule has 0 aliphatic carbocycles. The van der Waals surface area contributed by atoms with E-state index in [4.69, 9.17) is 19.9 Å². The minimum Gasteiger partial charge on any atom is -0.235 e. The van der Waals surface area contributed by atoms with Crippen LogP contribution in [0.4, 0.5) is 0 Å². The lowest BCUT2D eigenvalue weighted by molar-refractivity contribution is 1.08. The van der Waals surface area contributed by atoms with Crippen molar-refractivity contribution in [2.24, 2.45) is 0 Å². The highest BCUT2D eigenvalue weighted by Gasteiger charge is 2.21. The van der Waals surface area contributed by atoms with Crippen molar-refractivity contribution in [3.63, 3.8) is 0 Å². The Labute approximate surface area is 296 Å². The van der Waals surface area contributed by atoms with Gasteiger partial charge in [0.05, 0.1) is 10.2 Å². The topological polar surface area (TPSA) is 51.6 Å². The van der Waals surface area contributed by atoms with Crippen LogP contribution in [-0.2, 0) is 0 Å². The molecule has 3 aromatic heterocycles.